The van der Waals surface area contributed by atoms with Crippen molar-refractivity contribution in [3.05, 3.63) is 0 Å². The van der Waals surface area contributed by atoms with Gasteiger partial charge in [0.05, 0.1) is 6.04 Å². The Hall–Kier alpha value is -0.400. The second kappa shape index (κ2) is 2.05. The summed E-state index contributed by atoms with van der Waals surface area (Å²) in [5.74, 6) is 0. The van der Waals surface area contributed by atoms with Crippen molar-refractivity contribution >= 4 is 6.21 Å². The minimum absolute atomic E-state index is 0.000000000000000222. The predicted molar refractivity (Wildman–Crippen MR) is 27.5 cm³/mol. The molecule has 0 amide bonds. The summed E-state index contributed by atoms with van der Waals surface area (Å²) < 4.78 is 11.6. The number of hydrogen-bond acceptors (Lipinski definition) is 1. The van der Waals surface area contributed by atoms with Crippen molar-refractivity contribution in [2.75, 3.05) is 6.67 Å². The standard InChI is InChI=1S/C5H8FN/c6-4-5-2-1-3-7-5/h3,5H,1-2,4H2. The molecule has 0 aromatic carbocycles. The second-order valence-corrected chi connectivity index (χ2v) is 1.72. The number of aliphatic imine (C=N–C) groups is 1. The van der Waals surface area contributed by atoms with Crippen molar-refractivity contribution in [3.8, 4) is 0 Å². The van der Waals surface area contributed by atoms with Crippen LogP contribution in [0.2, 0.25) is 0 Å². The summed E-state index contributed by atoms with van der Waals surface area (Å²) in [5.41, 5.74) is 0. The van der Waals surface area contributed by atoms with Gasteiger partial charge in [0, 0.05) is 0 Å². The SMILES string of the molecule is FCC1CCC=N1. The lowest BCUT2D eigenvalue weighted by Gasteiger charge is -1.94. The van der Waals surface area contributed by atoms with Gasteiger partial charge in [-0.25, -0.2) is 4.39 Å². The molecule has 0 aromatic heterocycles. The molecule has 0 radical (unpaired) electrons. The van der Waals surface area contributed by atoms with E-state index in [0.717, 1.165) is 12.8 Å². The van der Waals surface area contributed by atoms with E-state index >= 15 is 0 Å². The highest BCUT2D eigenvalue weighted by Crippen LogP contribution is 2.07. The summed E-state index contributed by atoms with van der Waals surface area (Å²) in [6.45, 7) is -0.281. The Morgan fingerprint density at radius 1 is 1.86 bits per heavy atom. The highest BCUT2D eigenvalue weighted by atomic mass is 19.1. The highest BCUT2D eigenvalue weighted by Gasteiger charge is 2.07. The first-order valence-electron chi connectivity index (χ1n) is 2.51. The fourth-order valence-electron chi connectivity index (χ4n) is 0.682. The topological polar surface area (TPSA) is 12.4 Å². The van der Waals surface area contributed by atoms with E-state index in [4.69, 9.17) is 0 Å². The number of halogens is 1. The molecule has 1 aliphatic rings. The van der Waals surface area contributed by atoms with Crippen molar-refractivity contribution in [2.45, 2.75) is 18.9 Å². The molecule has 0 aromatic rings. The summed E-state index contributed by atoms with van der Waals surface area (Å²) >= 11 is 0. The highest BCUT2D eigenvalue weighted by molar-refractivity contribution is 5.59. The zero-order valence-electron chi connectivity index (χ0n) is 4.10. The lowest BCUT2D eigenvalue weighted by molar-refractivity contribution is 0.429. The zero-order chi connectivity index (χ0) is 5.11. The van der Waals surface area contributed by atoms with E-state index in [1.807, 2.05) is 0 Å². The van der Waals surface area contributed by atoms with Gasteiger partial charge in [-0.15, -0.1) is 0 Å². The Kier molecular flexibility index (Phi) is 1.39. The van der Waals surface area contributed by atoms with Crippen LogP contribution in [0.1, 0.15) is 12.8 Å². The van der Waals surface area contributed by atoms with Gasteiger partial charge in [-0.05, 0) is 19.1 Å². The third-order valence-corrected chi connectivity index (χ3v) is 1.12. The zero-order valence-corrected chi connectivity index (χ0v) is 4.10. The fourth-order valence-corrected chi connectivity index (χ4v) is 0.682. The Balaban J connectivity index is 2.28. The van der Waals surface area contributed by atoms with Gasteiger partial charge in [-0.2, -0.15) is 0 Å². The maximum atomic E-state index is 11.6. The average molecular weight is 101 g/mol. The van der Waals surface area contributed by atoms with Crippen molar-refractivity contribution < 1.29 is 4.39 Å². The number of rotatable bonds is 1. The fraction of sp³-hybridized carbons (Fsp3) is 0.800. The van der Waals surface area contributed by atoms with Crippen LogP contribution in [0.25, 0.3) is 0 Å². The molecule has 40 valence electrons. The normalized spacial score (nSPS) is 29.0. The van der Waals surface area contributed by atoms with Crippen LogP contribution in [-0.2, 0) is 0 Å². The van der Waals surface area contributed by atoms with Crippen LogP contribution in [0.15, 0.2) is 4.99 Å². The molecular weight excluding hydrogens is 93.1 g/mol. The van der Waals surface area contributed by atoms with E-state index in [9.17, 15) is 4.39 Å². The van der Waals surface area contributed by atoms with Crippen LogP contribution < -0.4 is 0 Å². The van der Waals surface area contributed by atoms with Gasteiger partial charge in [0.1, 0.15) is 6.67 Å². The van der Waals surface area contributed by atoms with E-state index in [-0.39, 0.29) is 12.7 Å². The molecule has 0 saturated heterocycles. The molecule has 0 bridgehead atoms. The average Bonchev–Trinajstić information content (AvgIpc) is 2.14. The molecule has 1 rings (SSSR count). The van der Waals surface area contributed by atoms with E-state index < -0.39 is 0 Å². The lowest BCUT2D eigenvalue weighted by atomic mass is 10.2. The van der Waals surface area contributed by atoms with Crippen LogP contribution in [0.4, 0.5) is 4.39 Å². The minimum atomic E-state index is -0.281. The number of alkyl halides is 1. The Morgan fingerprint density at radius 3 is 3.00 bits per heavy atom. The molecule has 0 aliphatic carbocycles. The molecule has 1 unspecified atom stereocenters. The van der Waals surface area contributed by atoms with Crippen LogP contribution in [0.3, 0.4) is 0 Å². The van der Waals surface area contributed by atoms with E-state index in [2.05, 4.69) is 4.99 Å². The summed E-state index contributed by atoms with van der Waals surface area (Å²) in [7, 11) is 0. The van der Waals surface area contributed by atoms with Crippen molar-refractivity contribution in [1.82, 2.24) is 0 Å². The summed E-state index contributed by atoms with van der Waals surface area (Å²) in [4.78, 5) is 3.85. The maximum Gasteiger partial charge on any atom is 0.112 e. The summed E-state index contributed by atoms with van der Waals surface area (Å²) in [6, 6.07) is -0.000000000000000222. The first kappa shape index (κ1) is 4.75. The van der Waals surface area contributed by atoms with Gasteiger partial charge in [-0.1, -0.05) is 0 Å². The number of nitrogens with zero attached hydrogens (tertiary/aromatic N) is 1. The van der Waals surface area contributed by atoms with Crippen LogP contribution in [-0.4, -0.2) is 18.9 Å². The molecule has 0 spiro atoms. The van der Waals surface area contributed by atoms with Crippen LogP contribution in [0, 0.1) is 0 Å². The molecule has 2 heteroatoms. The van der Waals surface area contributed by atoms with Gasteiger partial charge in [0.2, 0.25) is 0 Å². The number of hydrogen-bond donors (Lipinski definition) is 0. The lowest BCUT2D eigenvalue weighted by Crippen LogP contribution is -1.99. The van der Waals surface area contributed by atoms with Crippen molar-refractivity contribution in [3.63, 3.8) is 0 Å². The smallest absolute Gasteiger partial charge is 0.112 e. The van der Waals surface area contributed by atoms with E-state index in [0.29, 0.717) is 0 Å². The molecule has 1 heterocycles. The molecule has 0 fully saturated rings. The van der Waals surface area contributed by atoms with E-state index in [1.165, 1.54) is 0 Å². The first-order valence-corrected chi connectivity index (χ1v) is 2.51. The Morgan fingerprint density at radius 2 is 2.71 bits per heavy atom. The second-order valence-electron chi connectivity index (χ2n) is 1.72. The monoisotopic (exact) mass is 101 g/mol. The van der Waals surface area contributed by atoms with Gasteiger partial charge in [-0.3, -0.25) is 4.99 Å². The molecule has 0 N–H and O–H groups in total. The maximum absolute atomic E-state index is 11.6. The molecule has 7 heavy (non-hydrogen) atoms. The van der Waals surface area contributed by atoms with Crippen LogP contribution in [0.5, 0.6) is 0 Å². The molecule has 1 aliphatic heterocycles. The quantitative estimate of drug-likeness (QED) is 0.470. The third-order valence-electron chi connectivity index (χ3n) is 1.12. The van der Waals surface area contributed by atoms with Crippen LogP contribution >= 0.6 is 0 Å². The van der Waals surface area contributed by atoms with Gasteiger partial charge < -0.3 is 0 Å². The molecule has 1 nitrogen and oxygen atoms in total. The van der Waals surface area contributed by atoms with Gasteiger partial charge in [0.25, 0.3) is 0 Å². The van der Waals surface area contributed by atoms with Gasteiger partial charge >= 0.3 is 0 Å². The molecule has 1 atom stereocenters. The third kappa shape index (κ3) is 0.981. The van der Waals surface area contributed by atoms with E-state index in [1.54, 1.807) is 6.21 Å². The Bertz CT molecular complexity index is 80.1. The summed E-state index contributed by atoms with van der Waals surface area (Å²) in [6.07, 6.45) is 3.68. The first-order chi connectivity index (χ1) is 3.43. The largest absolute Gasteiger partial charge is 0.291 e. The van der Waals surface area contributed by atoms with Crippen molar-refractivity contribution in [2.24, 2.45) is 4.99 Å². The predicted octanol–water partition coefficient (Wildman–Crippen LogP) is 1.19. The molecular formula is C5H8FN. The van der Waals surface area contributed by atoms with Gasteiger partial charge in [0.15, 0.2) is 0 Å². The Labute approximate surface area is 42.3 Å². The summed E-state index contributed by atoms with van der Waals surface area (Å²) in [5, 5.41) is 0. The van der Waals surface area contributed by atoms with Crippen molar-refractivity contribution in [1.29, 1.82) is 0 Å². The molecule has 0 saturated carbocycles. The minimum Gasteiger partial charge on any atom is -0.291 e.